The van der Waals surface area contributed by atoms with Crippen LogP contribution in [0.25, 0.3) is 0 Å². The number of pyridine rings is 1. The highest BCUT2D eigenvalue weighted by Gasteiger charge is 2.17. The molecule has 2 unspecified atom stereocenters. The second-order valence-corrected chi connectivity index (χ2v) is 4.48. The van der Waals surface area contributed by atoms with Crippen molar-refractivity contribution in [3.63, 3.8) is 0 Å². The molecule has 1 rings (SSSR count). The average Bonchev–Trinajstić information content (AvgIpc) is 2.39. The summed E-state index contributed by atoms with van der Waals surface area (Å²) in [4.78, 5) is 4.21. The van der Waals surface area contributed by atoms with Crippen LogP contribution in [-0.2, 0) is 4.74 Å². The van der Waals surface area contributed by atoms with Gasteiger partial charge in [-0.15, -0.1) is 0 Å². The molecule has 2 atom stereocenters. The van der Waals surface area contributed by atoms with Gasteiger partial charge in [0.15, 0.2) is 0 Å². The summed E-state index contributed by atoms with van der Waals surface area (Å²) in [6.07, 6.45) is 5.00. The number of nitrogens with one attached hydrogen (secondary N) is 1. The summed E-state index contributed by atoms with van der Waals surface area (Å²) >= 11 is 0. The molecule has 3 nitrogen and oxygen atoms in total. The fourth-order valence-corrected chi connectivity index (χ4v) is 1.96. The summed E-state index contributed by atoms with van der Waals surface area (Å²) in [5.41, 5.74) is 1.33. The van der Waals surface area contributed by atoms with Gasteiger partial charge in [-0.05, 0) is 17.5 Å². The Morgan fingerprint density at radius 2 is 2.29 bits per heavy atom. The van der Waals surface area contributed by atoms with Gasteiger partial charge in [0.25, 0.3) is 0 Å². The zero-order chi connectivity index (χ0) is 12.5. The normalized spacial score (nSPS) is 14.5. The van der Waals surface area contributed by atoms with Gasteiger partial charge in [0.05, 0.1) is 6.61 Å². The maximum atomic E-state index is 5.04. The molecule has 0 bridgehead atoms. The molecular formula is C14H24N2O. The van der Waals surface area contributed by atoms with E-state index in [1.165, 1.54) is 12.0 Å². The summed E-state index contributed by atoms with van der Waals surface area (Å²) < 4.78 is 5.04. The molecule has 0 saturated heterocycles. The predicted molar refractivity (Wildman–Crippen MR) is 71.2 cm³/mol. The monoisotopic (exact) mass is 236 g/mol. The number of hydrogen-bond acceptors (Lipinski definition) is 3. The van der Waals surface area contributed by atoms with E-state index in [2.05, 4.69) is 30.2 Å². The maximum absolute atomic E-state index is 5.04. The highest BCUT2D eigenvalue weighted by Crippen LogP contribution is 2.25. The van der Waals surface area contributed by atoms with E-state index >= 15 is 0 Å². The summed E-state index contributed by atoms with van der Waals surface area (Å²) in [5, 5.41) is 3.45. The zero-order valence-electron chi connectivity index (χ0n) is 11.1. The Morgan fingerprint density at radius 1 is 1.47 bits per heavy atom. The summed E-state index contributed by atoms with van der Waals surface area (Å²) in [6, 6.07) is 4.18. The fourth-order valence-electron chi connectivity index (χ4n) is 1.96. The van der Waals surface area contributed by atoms with Crippen LogP contribution in [0.5, 0.6) is 0 Å². The Labute approximate surface area is 105 Å². The quantitative estimate of drug-likeness (QED) is 0.704. The van der Waals surface area contributed by atoms with Gasteiger partial charge in [-0.2, -0.15) is 0 Å². The molecule has 1 aromatic heterocycles. The molecule has 0 fully saturated rings. The molecule has 0 aliphatic rings. The molecule has 0 saturated carbocycles. The molecule has 1 heterocycles. The second kappa shape index (κ2) is 8.20. The van der Waals surface area contributed by atoms with E-state index < -0.39 is 0 Å². The van der Waals surface area contributed by atoms with Crippen molar-refractivity contribution in [3.05, 3.63) is 30.1 Å². The minimum Gasteiger partial charge on any atom is -0.383 e. The van der Waals surface area contributed by atoms with Crippen molar-refractivity contribution < 1.29 is 4.74 Å². The van der Waals surface area contributed by atoms with Crippen molar-refractivity contribution in [3.8, 4) is 0 Å². The first-order valence-electron chi connectivity index (χ1n) is 6.39. The third-order valence-electron chi connectivity index (χ3n) is 3.29. The van der Waals surface area contributed by atoms with Crippen LogP contribution in [0.15, 0.2) is 24.5 Å². The summed E-state index contributed by atoms with van der Waals surface area (Å²) in [7, 11) is 1.73. The fraction of sp³-hybridized carbons (Fsp3) is 0.643. The lowest BCUT2D eigenvalue weighted by Gasteiger charge is -2.23. The first kappa shape index (κ1) is 14.1. The molecule has 96 valence electrons. The first-order valence-corrected chi connectivity index (χ1v) is 6.39. The molecule has 1 N–H and O–H groups in total. The van der Waals surface area contributed by atoms with E-state index in [0.717, 1.165) is 19.7 Å². The lowest BCUT2D eigenvalue weighted by Crippen LogP contribution is -2.28. The molecule has 0 amide bonds. The minimum atomic E-state index is 0.533. The minimum absolute atomic E-state index is 0.533. The molecule has 17 heavy (non-hydrogen) atoms. The Hall–Kier alpha value is -0.930. The van der Waals surface area contributed by atoms with Crippen molar-refractivity contribution in [2.45, 2.75) is 26.2 Å². The van der Waals surface area contributed by atoms with Crippen LogP contribution in [0, 0.1) is 5.92 Å². The Kier molecular flexibility index (Phi) is 6.82. The van der Waals surface area contributed by atoms with Crippen LogP contribution in [0.1, 0.15) is 31.7 Å². The number of methoxy groups -OCH3 is 1. The molecule has 0 spiro atoms. The van der Waals surface area contributed by atoms with Gasteiger partial charge >= 0.3 is 0 Å². The van der Waals surface area contributed by atoms with Crippen LogP contribution in [0.3, 0.4) is 0 Å². The third kappa shape index (κ3) is 4.84. The SMILES string of the molecule is CCC(C)C(CNCCOC)c1cccnc1. The predicted octanol–water partition coefficient (Wildman–Crippen LogP) is 2.45. The van der Waals surface area contributed by atoms with Crippen LogP contribution in [-0.4, -0.2) is 31.8 Å². The van der Waals surface area contributed by atoms with Crippen molar-refractivity contribution in [1.29, 1.82) is 0 Å². The van der Waals surface area contributed by atoms with Crippen LogP contribution in [0.4, 0.5) is 0 Å². The Bertz CT molecular complexity index is 290. The maximum Gasteiger partial charge on any atom is 0.0587 e. The topological polar surface area (TPSA) is 34.1 Å². The highest BCUT2D eigenvalue weighted by molar-refractivity contribution is 5.16. The third-order valence-corrected chi connectivity index (χ3v) is 3.29. The largest absolute Gasteiger partial charge is 0.383 e. The number of nitrogens with zero attached hydrogens (tertiary/aromatic N) is 1. The van der Waals surface area contributed by atoms with E-state index in [9.17, 15) is 0 Å². The van der Waals surface area contributed by atoms with Gasteiger partial charge in [0.2, 0.25) is 0 Å². The summed E-state index contributed by atoms with van der Waals surface area (Å²) in [5.74, 6) is 1.19. The van der Waals surface area contributed by atoms with E-state index in [4.69, 9.17) is 4.74 Å². The summed E-state index contributed by atoms with van der Waals surface area (Å²) in [6.45, 7) is 7.20. The average molecular weight is 236 g/mol. The van der Waals surface area contributed by atoms with Crippen molar-refractivity contribution in [1.82, 2.24) is 10.3 Å². The van der Waals surface area contributed by atoms with Crippen LogP contribution in [0.2, 0.25) is 0 Å². The Balaban J connectivity index is 2.55. The molecule has 1 aromatic rings. The standard InChI is InChI=1S/C14H24N2O/c1-4-12(2)14(11-16-8-9-17-3)13-6-5-7-15-10-13/h5-7,10,12,14,16H,4,8-9,11H2,1-3H3. The highest BCUT2D eigenvalue weighted by atomic mass is 16.5. The molecule has 0 aromatic carbocycles. The smallest absolute Gasteiger partial charge is 0.0587 e. The number of rotatable bonds is 8. The van der Waals surface area contributed by atoms with E-state index in [1.54, 1.807) is 7.11 Å². The van der Waals surface area contributed by atoms with E-state index in [0.29, 0.717) is 11.8 Å². The van der Waals surface area contributed by atoms with Crippen molar-refractivity contribution in [2.75, 3.05) is 26.8 Å². The lowest BCUT2D eigenvalue weighted by atomic mass is 9.86. The van der Waals surface area contributed by atoms with E-state index in [-0.39, 0.29) is 0 Å². The number of hydrogen-bond donors (Lipinski definition) is 1. The van der Waals surface area contributed by atoms with Crippen molar-refractivity contribution in [2.24, 2.45) is 5.92 Å². The van der Waals surface area contributed by atoms with E-state index in [1.807, 2.05) is 18.5 Å². The van der Waals surface area contributed by atoms with Crippen molar-refractivity contribution >= 4 is 0 Å². The molecule has 3 heteroatoms. The molecule has 0 aliphatic heterocycles. The van der Waals surface area contributed by atoms with Gasteiger partial charge in [-0.1, -0.05) is 26.3 Å². The lowest BCUT2D eigenvalue weighted by molar-refractivity contribution is 0.198. The van der Waals surface area contributed by atoms with Gasteiger partial charge in [0, 0.05) is 38.5 Å². The van der Waals surface area contributed by atoms with Gasteiger partial charge < -0.3 is 10.1 Å². The van der Waals surface area contributed by atoms with Gasteiger partial charge in [-0.3, -0.25) is 4.98 Å². The second-order valence-electron chi connectivity index (χ2n) is 4.48. The molecule has 0 radical (unpaired) electrons. The van der Waals surface area contributed by atoms with Gasteiger partial charge in [0.1, 0.15) is 0 Å². The number of ether oxygens (including phenoxy) is 1. The van der Waals surface area contributed by atoms with Crippen LogP contribution < -0.4 is 5.32 Å². The Morgan fingerprint density at radius 3 is 2.88 bits per heavy atom. The number of aromatic nitrogens is 1. The zero-order valence-corrected chi connectivity index (χ0v) is 11.1. The molecular weight excluding hydrogens is 212 g/mol. The van der Waals surface area contributed by atoms with Crippen LogP contribution >= 0.6 is 0 Å². The molecule has 0 aliphatic carbocycles. The first-order chi connectivity index (χ1) is 8.29. The van der Waals surface area contributed by atoms with Gasteiger partial charge in [-0.25, -0.2) is 0 Å².